The van der Waals surface area contributed by atoms with E-state index in [9.17, 15) is 13.2 Å². The first kappa shape index (κ1) is 14.3. The molecule has 0 N–H and O–H groups in total. The van der Waals surface area contributed by atoms with E-state index in [1.54, 1.807) is 24.3 Å². The Morgan fingerprint density at radius 3 is 2.58 bits per heavy atom. The van der Waals surface area contributed by atoms with Gasteiger partial charge >= 0.3 is 5.97 Å². The van der Waals surface area contributed by atoms with Crippen molar-refractivity contribution in [2.24, 2.45) is 0 Å². The fourth-order valence-corrected chi connectivity index (χ4v) is 3.60. The summed E-state index contributed by atoms with van der Waals surface area (Å²) in [6.45, 7) is -0.224. The third-order valence-corrected chi connectivity index (χ3v) is 4.93. The van der Waals surface area contributed by atoms with E-state index in [4.69, 9.17) is 9.47 Å². The van der Waals surface area contributed by atoms with Crippen molar-refractivity contribution in [3.8, 4) is 5.75 Å². The number of halogens is 1. The molecule has 1 atom stereocenters. The molecule has 0 amide bonds. The Bertz CT molecular complexity index is 552. The number of hydrogen-bond donors (Lipinski definition) is 0. The number of sulfone groups is 1. The lowest BCUT2D eigenvalue weighted by Crippen LogP contribution is -2.23. The van der Waals surface area contributed by atoms with Gasteiger partial charge in [-0.1, -0.05) is 15.9 Å². The van der Waals surface area contributed by atoms with Crippen LogP contribution in [0, 0.1) is 0 Å². The van der Waals surface area contributed by atoms with E-state index in [0.717, 1.165) is 4.47 Å². The summed E-state index contributed by atoms with van der Waals surface area (Å²) in [6, 6.07) is 7.03. The van der Waals surface area contributed by atoms with Crippen LogP contribution < -0.4 is 4.74 Å². The number of hydrogen-bond acceptors (Lipinski definition) is 5. The number of esters is 1. The quantitative estimate of drug-likeness (QED) is 0.772. The first-order valence-electron chi connectivity index (χ1n) is 5.73. The van der Waals surface area contributed by atoms with Gasteiger partial charge in [0.25, 0.3) is 0 Å². The molecule has 19 heavy (non-hydrogen) atoms. The second-order valence-electron chi connectivity index (χ2n) is 4.26. The molecule has 5 nitrogen and oxygen atoms in total. The van der Waals surface area contributed by atoms with Crippen LogP contribution in [0.25, 0.3) is 0 Å². The zero-order chi connectivity index (χ0) is 13.9. The third-order valence-electron chi connectivity index (χ3n) is 2.66. The first-order chi connectivity index (χ1) is 8.94. The lowest BCUT2D eigenvalue weighted by Gasteiger charge is -2.11. The Morgan fingerprint density at radius 2 is 2.00 bits per heavy atom. The van der Waals surface area contributed by atoms with E-state index >= 15 is 0 Å². The van der Waals surface area contributed by atoms with Crippen molar-refractivity contribution in [3.05, 3.63) is 28.7 Å². The van der Waals surface area contributed by atoms with Crippen LogP contribution in [0.3, 0.4) is 0 Å². The van der Waals surface area contributed by atoms with Crippen LogP contribution in [0.1, 0.15) is 6.42 Å². The molecule has 1 aliphatic heterocycles. The van der Waals surface area contributed by atoms with Crippen LogP contribution in [-0.2, 0) is 19.4 Å². The summed E-state index contributed by atoms with van der Waals surface area (Å²) in [5, 5.41) is 0. The van der Waals surface area contributed by atoms with Crippen molar-refractivity contribution in [1.82, 2.24) is 0 Å². The zero-order valence-corrected chi connectivity index (χ0v) is 12.4. The van der Waals surface area contributed by atoms with Crippen molar-refractivity contribution in [2.75, 3.05) is 18.1 Å². The van der Waals surface area contributed by atoms with Gasteiger partial charge in [0.05, 0.1) is 11.5 Å². The van der Waals surface area contributed by atoms with Gasteiger partial charge in [-0.05, 0) is 30.7 Å². The van der Waals surface area contributed by atoms with Gasteiger partial charge in [0, 0.05) is 4.47 Å². The summed E-state index contributed by atoms with van der Waals surface area (Å²) in [7, 11) is -3.04. The molecule has 1 aromatic carbocycles. The highest BCUT2D eigenvalue weighted by Gasteiger charge is 2.30. The lowest BCUT2D eigenvalue weighted by molar-refractivity contribution is -0.150. The van der Waals surface area contributed by atoms with Gasteiger partial charge < -0.3 is 9.47 Å². The molecule has 7 heteroatoms. The molecule has 0 aromatic heterocycles. The smallest absolute Gasteiger partial charge is 0.344 e. The monoisotopic (exact) mass is 348 g/mol. The standard InChI is InChI=1S/C12H13BrO5S/c13-9-1-3-10(4-2-9)17-7-12(14)18-11-5-6-19(15,16)8-11/h1-4,11H,5-8H2/t11-/m1/s1. The van der Waals surface area contributed by atoms with Crippen molar-refractivity contribution in [2.45, 2.75) is 12.5 Å². The number of benzene rings is 1. The average Bonchev–Trinajstić information content (AvgIpc) is 2.68. The first-order valence-corrected chi connectivity index (χ1v) is 8.34. The largest absolute Gasteiger partial charge is 0.482 e. The molecule has 0 aliphatic carbocycles. The molecule has 0 saturated carbocycles. The normalized spacial score (nSPS) is 21.0. The van der Waals surface area contributed by atoms with Gasteiger partial charge in [-0.3, -0.25) is 0 Å². The molecule has 1 aromatic rings. The van der Waals surface area contributed by atoms with E-state index in [0.29, 0.717) is 12.2 Å². The van der Waals surface area contributed by atoms with E-state index in [2.05, 4.69) is 15.9 Å². The van der Waals surface area contributed by atoms with Gasteiger partial charge in [-0.25, -0.2) is 13.2 Å². The minimum Gasteiger partial charge on any atom is -0.482 e. The average molecular weight is 349 g/mol. The van der Waals surface area contributed by atoms with Crippen LogP contribution in [-0.4, -0.2) is 38.6 Å². The minimum atomic E-state index is -3.04. The second-order valence-corrected chi connectivity index (χ2v) is 7.40. The predicted molar refractivity (Wildman–Crippen MR) is 72.8 cm³/mol. The Kier molecular flexibility index (Phi) is 4.46. The molecule has 1 aliphatic rings. The Labute approximate surface area is 119 Å². The van der Waals surface area contributed by atoms with Gasteiger partial charge in [-0.15, -0.1) is 0 Å². The molecule has 104 valence electrons. The molecule has 0 bridgehead atoms. The van der Waals surface area contributed by atoms with Crippen LogP contribution >= 0.6 is 15.9 Å². The SMILES string of the molecule is O=C(COc1ccc(Br)cc1)O[C@@H]1CCS(=O)(=O)C1. The Hall–Kier alpha value is -1.08. The fourth-order valence-electron chi connectivity index (χ4n) is 1.75. The fraction of sp³-hybridized carbons (Fsp3) is 0.417. The lowest BCUT2D eigenvalue weighted by atomic mass is 10.3. The van der Waals surface area contributed by atoms with Gasteiger partial charge in [-0.2, -0.15) is 0 Å². The Morgan fingerprint density at radius 1 is 1.32 bits per heavy atom. The van der Waals surface area contributed by atoms with Gasteiger partial charge in [0.1, 0.15) is 11.9 Å². The summed E-state index contributed by atoms with van der Waals surface area (Å²) < 4.78 is 33.6. The highest BCUT2D eigenvalue weighted by molar-refractivity contribution is 9.10. The maximum atomic E-state index is 11.5. The van der Waals surface area contributed by atoms with E-state index < -0.39 is 21.9 Å². The van der Waals surface area contributed by atoms with Crippen LogP contribution in [0.5, 0.6) is 5.75 Å². The molecule has 1 fully saturated rings. The predicted octanol–water partition coefficient (Wildman–Crippen LogP) is 1.56. The number of carbonyl (C=O) groups is 1. The molecular weight excluding hydrogens is 336 g/mol. The molecule has 2 rings (SSSR count). The maximum absolute atomic E-state index is 11.5. The Balaban J connectivity index is 1.77. The van der Waals surface area contributed by atoms with Crippen molar-refractivity contribution >= 4 is 31.7 Å². The van der Waals surface area contributed by atoms with E-state index in [1.165, 1.54) is 0 Å². The highest BCUT2D eigenvalue weighted by atomic mass is 79.9. The summed E-state index contributed by atoms with van der Waals surface area (Å²) in [5.74, 6) is -0.000525. The van der Waals surface area contributed by atoms with Crippen LogP contribution in [0.2, 0.25) is 0 Å². The summed E-state index contributed by atoms with van der Waals surface area (Å²) in [6.07, 6.45) is -0.169. The van der Waals surface area contributed by atoms with Gasteiger partial charge in [0.15, 0.2) is 16.4 Å². The topological polar surface area (TPSA) is 69.7 Å². The number of ether oxygens (including phenoxy) is 2. The zero-order valence-electron chi connectivity index (χ0n) is 10.0. The molecule has 1 saturated heterocycles. The number of rotatable bonds is 4. The molecule has 1 heterocycles. The van der Waals surface area contributed by atoms with Gasteiger partial charge in [0.2, 0.25) is 0 Å². The summed E-state index contributed by atoms with van der Waals surface area (Å²) >= 11 is 3.29. The summed E-state index contributed by atoms with van der Waals surface area (Å²) in [4.78, 5) is 11.5. The minimum absolute atomic E-state index is 0.0819. The highest BCUT2D eigenvalue weighted by Crippen LogP contribution is 2.17. The van der Waals surface area contributed by atoms with Crippen molar-refractivity contribution in [3.63, 3.8) is 0 Å². The van der Waals surface area contributed by atoms with Crippen LogP contribution in [0.15, 0.2) is 28.7 Å². The van der Waals surface area contributed by atoms with E-state index in [1.807, 2.05) is 0 Å². The maximum Gasteiger partial charge on any atom is 0.344 e. The van der Waals surface area contributed by atoms with Crippen LogP contribution in [0.4, 0.5) is 0 Å². The molecule has 0 spiro atoms. The molecule has 0 unspecified atom stereocenters. The summed E-state index contributed by atoms with van der Waals surface area (Å²) in [5.41, 5.74) is 0. The van der Waals surface area contributed by atoms with E-state index in [-0.39, 0.29) is 18.1 Å². The molecular formula is C12H13BrO5S. The second kappa shape index (κ2) is 5.92. The number of carbonyl (C=O) groups excluding carboxylic acids is 1. The van der Waals surface area contributed by atoms with Crippen molar-refractivity contribution < 1.29 is 22.7 Å². The molecule has 0 radical (unpaired) electrons. The van der Waals surface area contributed by atoms with Crippen molar-refractivity contribution in [1.29, 1.82) is 0 Å². The third kappa shape index (κ3) is 4.50.